The Bertz CT molecular complexity index is 621. The Balaban J connectivity index is 0.00000338. The van der Waals surface area contributed by atoms with Crippen LogP contribution in [0, 0.1) is 0 Å². The van der Waals surface area contributed by atoms with Crippen molar-refractivity contribution in [2.45, 2.75) is 45.1 Å². The first-order chi connectivity index (χ1) is 12.2. The van der Waals surface area contributed by atoms with Gasteiger partial charge in [-0.1, -0.05) is 44.2 Å². The number of aromatic nitrogens is 2. The summed E-state index contributed by atoms with van der Waals surface area (Å²) in [5.74, 6) is 0.868. The predicted molar refractivity (Wildman–Crippen MR) is 120 cm³/mol. The molecule has 5 nitrogen and oxygen atoms in total. The van der Waals surface area contributed by atoms with Crippen LogP contribution in [0.4, 0.5) is 0 Å². The van der Waals surface area contributed by atoms with Gasteiger partial charge >= 0.3 is 0 Å². The van der Waals surface area contributed by atoms with E-state index in [-0.39, 0.29) is 29.4 Å². The van der Waals surface area contributed by atoms with Crippen molar-refractivity contribution >= 4 is 29.9 Å². The molecule has 0 atom stereocenters. The van der Waals surface area contributed by atoms with E-state index >= 15 is 0 Å². The summed E-state index contributed by atoms with van der Waals surface area (Å²) in [6, 6.07) is 10.8. The van der Waals surface area contributed by atoms with Gasteiger partial charge in [-0.15, -0.1) is 24.0 Å². The van der Waals surface area contributed by atoms with Crippen LogP contribution in [-0.2, 0) is 12.0 Å². The number of hydrogen-bond donors (Lipinski definition) is 2. The van der Waals surface area contributed by atoms with E-state index < -0.39 is 0 Å². The highest BCUT2D eigenvalue weighted by Crippen LogP contribution is 2.30. The first kappa shape index (κ1) is 22.5. The molecule has 144 valence electrons. The fraction of sp³-hybridized carbons (Fsp3) is 0.500. The molecule has 2 N–H and O–H groups in total. The third-order valence-corrected chi connectivity index (χ3v) is 5.00. The van der Waals surface area contributed by atoms with Gasteiger partial charge in [0.2, 0.25) is 0 Å². The van der Waals surface area contributed by atoms with Gasteiger partial charge in [0, 0.05) is 44.5 Å². The molecule has 6 heteroatoms. The molecule has 1 aromatic carbocycles. The topological polar surface area (TPSA) is 54.2 Å². The monoisotopic (exact) mass is 469 g/mol. The van der Waals surface area contributed by atoms with Crippen LogP contribution in [0.25, 0.3) is 0 Å². The molecular weight excluding hydrogens is 437 g/mol. The van der Waals surface area contributed by atoms with Gasteiger partial charge in [0.1, 0.15) is 0 Å². The lowest BCUT2D eigenvalue weighted by Crippen LogP contribution is -2.45. The molecule has 0 aliphatic carbocycles. The predicted octanol–water partition coefficient (Wildman–Crippen LogP) is 3.81. The second kappa shape index (κ2) is 11.9. The summed E-state index contributed by atoms with van der Waals surface area (Å²) in [5.41, 5.74) is 1.53. The minimum atomic E-state index is 0. The van der Waals surface area contributed by atoms with Crippen LogP contribution in [0.3, 0.4) is 0 Å². The van der Waals surface area contributed by atoms with Crippen molar-refractivity contribution < 1.29 is 0 Å². The van der Waals surface area contributed by atoms with Crippen LogP contribution in [0.5, 0.6) is 0 Å². The molecule has 0 fully saturated rings. The highest BCUT2D eigenvalue weighted by Gasteiger charge is 2.28. The van der Waals surface area contributed by atoms with Gasteiger partial charge in [0.05, 0.1) is 6.33 Å². The largest absolute Gasteiger partial charge is 0.356 e. The lowest BCUT2D eigenvalue weighted by Gasteiger charge is -2.33. The maximum absolute atomic E-state index is 4.36. The number of rotatable bonds is 9. The Labute approximate surface area is 174 Å². The van der Waals surface area contributed by atoms with Gasteiger partial charge in [-0.3, -0.25) is 4.99 Å². The number of aryl methyl sites for hydroxylation is 1. The van der Waals surface area contributed by atoms with Gasteiger partial charge in [-0.05, 0) is 24.8 Å². The third-order valence-electron chi connectivity index (χ3n) is 5.00. The Morgan fingerprint density at radius 1 is 1.15 bits per heavy atom. The first-order valence-electron chi connectivity index (χ1n) is 9.20. The second-order valence-corrected chi connectivity index (χ2v) is 6.36. The fourth-order valence-corrected chi connectivity index (χ4v) is 3.16. The van der Waals surface area contributed by atoms with Crippen LogP contribution < -0.4 is 10.6 Å². The summed E-state index contributed by atoms with van der Waals surface area (Å²) in [5, 5.41) is 6.93. The molecule has 0 aliphatic rings. The Morgan fingerprint density at radius 2 is 1.88 bits per heavy atom. The molecule has 0 radical (unpaired) electrons. The molecule has 1 heterocycles. The number of nitrogens with one attached hydrogen (secondary N) is 2. The van der Waals surface area contributed by atoms with E-state index in [1.165, 1.54) is 5.56 Å². The molecule has 0 unspecified atom stereocenters. The van der Waals surface area contributed by atoms with Crippen LogP contribution in [0.2, 0.25) is 0 Å². The number of imidazole rings is 1. The molecule has 0 saturated heterocycles. The van der Waals surface area contributed by atoms with Crippen LogP contribution >= 0.6 is 24.0 Å². The SMILES string of the molecule is CCC(CC)(CNC(=NC)NCCCn1ccnc1)c1ccccc1.I. The van der Waals surface area contributed by atoms with Crippen LogP contribution in [0.1, 0.15) is 38.7 Å². The van der Waals surface area contributed by atoms with E-state index in [0.717, 1.165) is 44.9 Å². The summed E-state index contributed by atoms with van der Waals surface area (Å²) in [6.07, 6.45) is 8.87. The fourth-order valence-electron chi connectivity index (χ4n) is 3.16. The molecule has 0 amide bonds. The maximum atomic E-state index is 4.36. The zero-order valence-electron chi connectivity index (χ0n) is 16.1. The molecule has 2 rings (SSSR count). The molecule has 26 heavy (non-hydrogen) atoms. The number of hydrogen-bond acceptors (Lipinski definition) is 2. The van der Waals surface area contributed by atoms with Gasteiger partial charge in [-0.25, -0.2) is 4.98 Å². The zero-order valence-corrected chi connectivity index (χ0v) is 18.4. The second-order valence-electron chi connectivity index (χ2n) is 6.36. The molecular formula is C20H32IN5. The molecule has 0 saturated carbocycles. The summed E-state index contributed by atoms with van der Waals surface area (Å²) in [4.78, 5) is 8.43. The van der Waals surface area contributed by atoms with Gasteiger partial charge in [0.25, 0.3) is 0 Å². The molecule has 0 aliphatic heterocycles. The number of benzene rings is 1. The Kier molecular flexibility index (Phi) is 10.3. The standard InChI is InChI=1S/C20H31N5.HI/c1-4-20(5-2,18-10-7-6-8-11-18)16-24-19(21-3)23-12-9-14-25-15-13-22-17-25;/h6-8,10-11,13,15,17H,4-5,9,12,14,16H2,1-3H3,(H2,21,23,24);1H. The van der Waals surface area contributed by atoms with E-state index in [2.05, 4.69) is 69.4 Å². The smallest absolute Gasteiger partial charge is 0.191 e. The first-order valence-corrected chi connectivity index (χ1v) is 9.20. The quantitative estimate of drug-likeness (QED) is 0.254. The molecule has 0 spiro atoms. The van der Waals surface area contributed by atoms with E-state index in [1.54, 1.807) is 0 Å². The number of aliphatic imine (C=N–C) groups is 1. The van der Waals surface area contributed by atoms with E-state index in [1.807, 2.05) is 25.8 Å². The van der Waals surface area contributed by atoms with Gasteiger partial charge in [0.15, 0.2) is 5.96 Å². The minimum Gasteiger partial charge on any atom is -0.356 e. The molecule has 0 bridgehead atoms. The van der Waals surface area contributed by atoms with E-state index in [9.17, 15) is 0 Å². The third kappa shape index (κ3) is 6.30. The molecule has 1 aromatic heterocycles. The Morgan fingerprint density at radius 3 is 2.46 bits per heavy atom. The number of halogens is 1. The van der Waals surface area contributed by atoms with Gasteiger partial charge in [-0.2, -0.15) is 0 Å². The van der Waals surface area contributed by atoms with Crippen molar-refractivity contribution in [3.05, 3.63) is 54.6 Å². The van der Waals surface area contributed by atoms with Crippen molar-refractivity contribution in [3.63, 3.8) is 0 Å². The highest BCUT2D eigenvalue weighted by atomic mass is 127. The average molecular weight is 469 g/mol. The maximum Gasteiger partial charge on any atom is 0.191 e. The van der Waals surface area contributed by atoms with Crippen molar-refractivity contribution in [2.75, 3.05) is 20.1 Å². The number of nitrogens with zero attached hydrogens (tertiary/aromatic N) is 3. The molecule has 2 aromatic rings. The van der Waals surface area contributed by atoms with Crippen molar-refractivity contribution in [3.8, 4) is 0 Å². The van der Waals surface area contributed by atoms with E-state index in [4.69, 9.17) is 0 Å². The zero-order chi connectivity index (χ0) is 18.0. The van der Waals surface area contributed by atoms with Crippen molar-refractivity contribution in [1.29, 1.82) is 0 Å². The summed E-state index contributed by atoms with van der Waals surface area (Å²) >= 11 is 0. The lowest BCUT2D eigenvalue weighted by molar-refractivity contribution is 0.389. The van der Waals surface area contributed by atoms with Crippen molar-refractivity contribution in [1.82, 2.24) is 20.2 Å². The van der Waals surface area contributed by atoms with Crippen molar-refractivity contribution in [2.24, 2.45) is 4.99 Å². The number of guanidine groups is 1. The lowest BCUT2D eigenvalue weighted by atomic mass is 9.76. The normalized spacial score (nSPS) is 11.7. The minimum absolute atomic E-state index is 0. The van der Waals surface area contributed by atoms with Crippen LogP contribution in [0.15, 0.2) is 54.0 Å². The Hall–Kier alpha value is -1.57. The summed E-state index contributed by atoms with van der Waals surface area (Å²) in [6.45, 7) is 7.25. The highest BCUT2D eigenvalue weighted by molar-refractivity contribution is 14.0. The van der Waals surface area contributed by atoms with Crippen LogP contribution in [-0.4, -0.2) is 35.6 Å². The van der Waals surface area contributed by atoms with E-state index in [0.29, 0.717) is 0 Å². The average Bonchev–Trinajstić information content (AvgIpc) is 3.19. The summed E-state index contributed by atoms with van der Waals surface area (Å²) < 4.78 is 2.09. The summed E-state index contributed by atoms with van der Waals surface area (Å²) in [7, 11) is 1.83. The van der Waals surface area contributed by atoms with Gasteiger partial charge < -0.3 is 15.2 Å².